The second-order valence-electron chi connectivity index (χ2n) is 8.04. The van der Waals surface area contributed by atoms with Gasteiger partial charge in [-0.15, -0.1) is 0 Å². The summed E-state index contributed by atoms with van der Waals surface area (Å²) in [6.45, 7) is 10.8. The van der Waals surface area contributed by atoms with E-state index in [1.54, 1.807) is 0 Å². The van der Waals surface area contributed by atoms with Crippen LogP contribution in [0.5, 0.6) is 0 Å². The van der Waals surface area contributed by atoms with Crippen LogP contribution in [0, 0.1) is 13.8 Å². The second kappa shape index (κ2) is 7.39. The number of piperazine rings is 1. The fourth-order valence-corrected chi connectivity index (χ4v) is 4.61. The largest absolute Gasteiger partial charge is 0.353 e. The molecule has 1 heterocycles. The molecule has 144 valence electrons. The number of carbonyl (C=O) groups excluding carboxylic acids is 2. The molecule has 1 aliphatic rings. The van der Waals surface area contributed by atoms with Crippen molar-refractivity contribution in [3.8, 4) is 0 Å². The number of hydrogen-bond donors (Lipinski definition) is 1. The number of sulfone groups is 1. The highest BCUT2D eigenvalue weighted by molar-refractivity contribution is 7.91. The van der Waals surface area contributed by atoms with Crippen molar-refractivity contribution in [3.05, 3.63) is 34.4 Å². The first-order valence-corrected chi connectivity index (χ1v) is 10.6. The lowest BCUT2D eigenvalue weighted by Crippen LogP contribution is -2.51. The van der Waals surface area contributed by atoms with Gasteiger partial charge in [0.1, 0.15) is 5.75 Å². The van der Waals surface area contributed by atoms with Crippen molar-refractivity contribution in [2.75, 3.05) is 25.4 Å². The monoisotopic (exact) mass is 380 g/mol. The van der Waals surface area contributed by atoms with Gasteiger partial charge in [0.05, 0.1) is 12.3 Å². The Kier molecular flexibility index (Phi) is 5.80. The summed E-state index contributed by atoms with van der Waals surface area (Å²) in [4.78, 5) is 25.0. The molecule has 1 N–H and O–H groups in total. The van der Waals surface area contributed by atoms with E-state index < -0.39 is 21.5 Å². The minimum absolute atomic E-state index is 0.0161. The smallest absolute Gasteiger partial charge is 0.239 e. The Bertz CT molecular complexity index is 799. The molecular weight excluding hydrogens is 352 g/mol. The molecule has 0 spiro atoms. The molecule has 2 rings (SSSR count). The molecule has 1 saturated heterocycles. The lowest BCUT2D eigenvalue weighted by atomic mass is 9.84. The normalized spacial score (nSPS) is 15.7. The summed E-state index contributed by atoms with van der Waals surface area (Å²) in [5.74, 6) is -1.51. The third-order valence-corrected chi connectivity index (χ3v) is 6.08. The summed E-state index contributed by atoms with van der Waals surface area (Å²) in [5, 5.41) is 2.62. The van der Waals surface area contributed by atoms with Crippen LogP contribution in [0.2, 0.25) is 0 Å². The summed E-state index contributed by atoms with van der Waals surface area (Å²) in [7, 11) is -3.62. The Morgan fingerprint density at radius 3 is 2.27 bits per heavy atom. The molecule has 1 aromatic carbocycles. The van der Waals surface area contributed by atoms with Crippen molar-refractivity contribution in [2.24, 2.45) is 0 Å². The van der Waals surface area contributed by atoms with Crippen LogP contribution in [0.15, 0.2) is 12.1 Å². The molecule has 0 unspecified atom stereocenters. The highest BCUT2D eigenvalue weighted by Crippen LogP contribution is 2.28. The van der Waals surface area contributed by atoms with Gasteiger partial charge in [0.15, 0.2) is 9.84 Å². The molecule has 0 aromatic heterocycles. The van der Waals surface area contributed by atoms with Crippen LogP contribution in [0.1, 0.15) is 43.0 Å². The maximum atomic E-state index is 12.6. The summed E-state index contributed by atoms with van der Waals surface area (Å²) in [6.07, 6.45) is 0. The highest BCUT2D eigenvalue weighted by atomic mass is 32.2. The van der Waals surface area contributed by atoms with Crippen molar-refractivity contribution in [1.29, 1.82) is 0 Å². The van der Waals surface area contributed by atoms with E-state index in [0.717, 1.165) is 22.3 Å². The summed E-state index contributed by atoms with van der Waals surface area (Å²) in [6, 6.07) is 4.04. The zero-order chi connectivity index (χ0) is 19.7. The number of aryl methyl sites for hydroxylation is 2. The average molecular weight is 381 g/mol. The first-order chi connectivity index (χ1) is 11.9. The molecule has 26 heavy (non-hydrogen) atoms. The topological polar surface area (TPSA) is 83.6 Å². The third kappa shape index (κ3) is 5.06. The predicted octanol–water partition coefficient (Wildman–Crippen LogP) is 1.47. The van der Waals surface area contributed by atoms with E-state index in [9.17, 15) is 18.0 Å². The van der Waals surface area contributed by atoms with E-state index in [-0.39, 0.29) is 23.6 Å². The Morgan fingerprint density at radius 2 is 1.77 bits per heavy atom. The number of nitrogens with one attached hydrogen (secondary N) is 1. The Hall–Kier alpha value is -1.89. The number of hydrogen-bond acceptors (Lipinski definition) is 4. The van der Waals surface area contributed by atoms with Crippen molar-refractivity contribution in [1.82, 2.24) is 10.2 Å². The standard InChI is InChI=1S/C19H28N2O4S/c1-13-8-15(19(3,4)5)9-14(2)16(13)11-26(24,25)12-18(23)21-7-6-20-17(22)10-21/h8-9H,6-7,10-12H2,1-5H3,(H,20,22). The van der Waals surface area contributed by atoms with Crippen LogP contribution in [0.25, 0.3) is 0 Å². The first-order valence-electron chi connectivity index (χ1n) is 8.74. The van der Waals surface area contributed by atoms with Gasteiger partial charge in [-0.1, -0.05) is 32.9 Å². The first kappa shape index (κ1) is 20.4. The number of carbonyl (C=O) groups is 2. The maximum Gasteiger partial charge on any atom is 0.239 e. The van der Waals surface area contributed by atoms with Crippen molar-refractivity contribution in [2.45, 2.75) is 45.8 Å². The molecule has 1 aliphatic heterocycles. The summed E-state index contributed by atoms with van der Waals surface area (Å²) < 4.78 is 25.1. The van der Waals surface area contributed by atoms with Gasteiger partial charge in [0.2, 0.25) is 11.8 Å². The number of benzene rings is 1. The number of nitrogens with zero attached hydrogens (tertiary/aromatic N) is 1. The van der Waals surface area contributed by atoms with Crippen molar-refractivity contribution in [3.63, 3.8) is 0 Å². The molecule has 0 saturated carbocycles. The van der Waals surface area contributed by atoms with Gasteiger partial charge in [0, 0.05) is 13.1 Å². The van der Waals surface area contributed by atoms with Gasteiger partial charge in [-0.3, -0.25) is 9.59 Å². The lowest BCUT2D eigenvalue weighted by Gasteiger charge is -2.26. The van der Waals surface area contributed by atoms with Crippen LogP contribution in [0.4, 0.5) is 0 Å². The molecule has 1 fully saturated rings. The summed E-state index contributed by atoms with van der Waals surface area (Å²) >= 11 is 0. The van der Waals surface area contributed by atoms with E-state index in [1.165, 1.54) is 4.90 Å². The third-order valence-electron chi connectivity index (χ3n) is 4.66. The molecule has 0 aliphatic carbocycles. The van der Waals surface area contributed by atoms with Gasteiger partial charge >= 0.3 is 0 Å². The summed E-state index contributed by atoms with van der Waals surface area (Å²) in [5.41, 5.74) is 3.73. The van der Waals surface area contributed by atoms with E-state index >= 15 is 0 Å². The van der Waals surface area contributed by atoms with Crippen LogP contribution < -0.4 is 5.32 Å². The van der Waals surface area contributed by atoms with Crippen LogP contribution in [-0.4, -0.2) is 50.5 Å². The minimum atomic E-state index is -3.62. The quantitative estimate of drug-likeness (QED) is 0.857. The predicted molar refractivity (Wildman–Crippen MR) is 102 cm³/mol. The molecule has 6 nitrogen and oxygen atoms in total. The number of rotatable bonds is 4. The Balaban J connectivity index is 2.16. The fourth-order valence-electron chi connectivity index (χ4n) is 3.06. The zero-order valence-electron chi connectivity index (χ0n) is 16.2. The molecule has 0 atom stereocenters. The molecule has 1 aromatic rings. The van der Waals surface area contributed by atoms with Gasteiger partial charge in [-0.05, 0) is 41.5 Å². The van der Waals surface area contributed by atoms with E-state index in [4.69, 9.17) is 0 Å². The van der Waals surface area contributed by atoms with Crippen LogP contribution in [-0.2, 0) is 30.6 Å². The molecule has 7 heteroatoms. The van der Waals surface area contributed by atoms with Crippen LogP contribution in [0.3, 0.4) is 0 Å². The maximum absolute atomic E-state index is 12.6. The minimum Gasteiger partial charge on any atom is -0.353 e. The molecular formula is C19H28N2O4S. The van der Waals surface area contributed by atoms with E-state index in [2.05, 4.69) is 26.1 Å². The van der Waals surface area contributed by atoms with E-state index in [1.807, 2.05) is 26.0 Å². The second-order valence-corrected chi connectivity index (χ2v) is 10.1. The van der Waals surface area contributed by atoms with Gasteiger partial charge < -0.3 is 10.2 Å². The van der Waals surface area contributed by atoms with Gasteiger partial charge in [0.25, 0.3) is 0 Å². The number of amides is 2. The fraction of sp³-hybridized carbons (Fsp3) is 0.579. The van der Waals surface area contributed by atoms with Crippen molar-refractivity contribution < 1.29 is 18.0 Å². The molecule has 0 bridgehead atoms. The van der Waals surface area contributed by atoms with Gasteiger partial charge in [-0.25, -0.2) is 8.42 Å². The van der Waals surface area contributed by atoms with E-state index in [0.29, 0.717) is 13.1 Å². The Labute approximate surface area is 155 Å². The highest BCUT2D eigenvalue weighted by Gasteiger charge is 2.27. The van der Waals surface area contributed by atoms with Crippen molar-refractivity contribution >= 4 is 21.7 Å². The average Bonchev–Trinajstić information content (AvgIpc) is 2.49. The molecule has 2 amide bonds. The Morgan fingerprint density at radius 1 is 1.19 bits per heavy atom. The lowest BCUT2D eigenvalue weighted by molar-refractivity contribution is -0.136. The van der Waals surface area contributed by atoms with Crippen LogP contribution >= 0.6 is 0 Å². The zero-order valence-corrected chi connectivity index (χ0v) is 17.0. The molecule has 0 radical (unpaired) electrons. The van der Waals surface area contributed by atoms with Gasteiger partial charge in [-0.2, -0.15) is 0 Å². The SMILES string of the molecule is Cc1cc(C(C)(C)C)cc(C)c1CS(=O)(=O)CC(=O)N1CCNC(=O)C1.